The third-order valence-electron chi connectivity index (χ3n) is 5.47. The van der Waals surface area contributed by atoms with Gasteiger partial charge in [0.25, 0.3) is 0 Å². The molecule has 1 atom stereocenters. The van der Waals surface area contributed by atoms with Crippen molar-refractivity contribution in [1.82, 2.24) is 0 Å². The number of hydrogen-bond donors (Lipinski definition) is 1. The first-order chi connectivity index (χ1) is 15.7. The molecule has 1 aromatic rings. The number of benzene rings is 1. The van der Waals surface area contributed by atoms with Gasteiger partial charge in [-0.2, -0.15) is 0 Å². The molecule has 0 saturated carbocycles. The summed E-state index contributed by atoms with van der Waals surface area (Å²) >= 11 is 0. The second kappa shape index (κ2) is 19.4. The Hall–Kier alpha value is -2.29. The topological polar surface area (TPSA) is 46.5 Å². The summed E-state index contributed by atoms with van der Waals surface area (Å²) in [5.41, 5.74) is 0.935. The summed E-state index contributed by atoms with van der Waals surface area (Å²) in [6, 6.07) is 6.98. The van der Waals surface area contributed by atoms with E-state index >= 15 is 0 Å². The van der Waals surface area contributed by atoms with Gasteiger partial charge in [0.15, 0.2) is 0 Å². The van der Waals surface area contributed by atoms with Gasteiger partial charge in [-0.15, -0.1) is 0 Å². The van der Waals surface area contributed by atoms with Gasteiger partial charge in [0.1, 0.15) is 5.75 Å². The number of carbonyl (C=O) groups is 1. The van der Waals surface area contributed by atoms with Crippen LogP contribution in [0.1, 0.15) is 102 Å². The Morgan fingerprint density at radius 2 is 1.50 bits per heavy atom. The maximum Gasteiger partial charge on any atom is 0.313 e. The smallest absolute Gasteiger partial charge is 0.313 e. The number of unbranched alkanes of at least 4 members (excludes halogenated alkanes) is 6. The third-order valence-corrected chi connectivity index (χ3v) is 5.47. The Bertz CT molecular complexity index is 670. The molecule has 3 heteroatoms. The Kier molecular flexibility index (Phi) is 16.8. The zero-order chi connectivity index (χ0) is 23.3. The summed E-state index contributed by atoms with van der Waals surface area (Å²) in [5.74, 6) is -0.148. The number of aromatic hydroxyl groups is 1. The lowest BCUT2D eigenvalue weighted by Gasteiger charge is -2.16. The number of allylic oxidation sites excluding steroid dienone is 6. The number of phenolic OH excluding ortho intramolecular Hbond substituents is 1. The van der Waals surface area contributed by atoms with Crippen molar-refractivity contribution >= 4 is 5.97 Å². The van der Waals surface area contributed by atoms with Crippen LogP contribution in [0.15, 0.2) is 60.7 Å². The molecule has 0 aliphatic heterocycles. The molecule has 0 aliphatic rings. The molecular weight excluding hydrogens is 396 g/mol. The normalized spacial score (nSPS) is 12.8. The van der Waals surface area contributed by atoms with E-state index < -0.39 is 0 Å². The molecule has 1 unspecified atom stereocenters. The lowest BCUT2D eigenvalue weighted by molar-refractivity contribution is -0.145. The molecule has 0 aromatic heterocycles. The first-order valence-corrected chi connectivity index (χ1v) is 12.6. The molecule has 3 nitrogen and oxygen atoms in total. The quantitative estimate of drug-likeness (QED) is 0.142. The lowest BCUT2D eigenvalue weighted by atomic mass is 9.93. The number of esters is 1. The minimum Gasteiger partial charge on any atom is -0.508 e. The van der Waals surface area contributed by atoms with Crippen LogP contribution in [-0.4, -0.2) is 17.7 Å². The number of hydrogen-bond acceptors (Lipinski definition) is 3. The van der Waals surface area contributed by atoms with Crippen LogP contribution in [0.5, 0.6) is 5.75 Å². The monoisotopic (exact) mass is 440 g/mol. The number of phenols is 1. The third kappa shape index (κ3) is 13.9. The van der Waals surface area contributed by atoms with Gasteiger partial charge in [0, 0.05) is 0 Å². The predicted octanol–water partition coefficient (Wildman–Crippen LogP) is 8.41. The van der Waals surface area contributed by atoms with Crippen LogP contribution in [0.3, 0.4) is 0 Å². The number of ether oxygens (including phenoxy) is 1. The first-order valence-electron chi connectivity index (χ1n) is 12.6. The standard InChI is InChI=1S/C29H44O3/c1-3-5-7-8-9-10-11-12-13-14-15-16-17-18-20-28(26-21-23-27(30)24-22-26)29(31)32-25-19-6-4-2/h5,7,9-10,12-13,21-24,28,30H,3-4,6,8,11,14-20,25H2,1-2H3/b7-5-,10-9-,13-12-. The van der Waals surface area contributed by atoms with Gasteiger partial charge in [-0.25, -0.2) is 0 Å². The van der Waals surface area contributed by atoms with E-state index in [9.17, 15) is 9.90 Å². The van der Waals surface area contributed by atoms with Crippen molar-refractivity contribution in [3.63, 3.8) is 0 Å². The highest BCUT2D eigenvalue weighted by atomic mass is 16.5. The van der Waals surface area contributed by atoms with Crippen molar-refractivity contribution in [1.29, 1.82) is 0 Å². The molecule has 178 valence electrons. The highest BCUT2D eigenvalue weighted by Crippen LogP contribution is 2.26. The zero-order valence-corrected chi connectivity index (χ0v) is 20.3. The first kappa shape index (κ1) is 27.7. The SMILES string of the molecule is CC/C=C\C/C=C\C/C=C\CCCCCCC(C(=O)OCCCCC)c1ccc(O)cc1. The van der Waals surface area contributed by atoms with Crippen molar-refractivity contribution in [2.75, 3.05) is 6.61 Å². The van der Waals surface area contributed by atoms with Gasteiger partial charge in [-0.3, -0.25) is 4.79 Å². The fourth-order valence-electron chi connectivity index (χ4n) is 3.54. The summed E-state index contributed by atoms with van der Waals surface area (Å²) in [6.45, 7) is 4.79. The van der Waals surface area contributed by atoms with Crippen LogP contribution in [0.25, 0.3) is 0 Å². The lowest BCUT2D eigenvalue weighted by Crippen LogP contribution is -2.17. The molecule has 0 aliphatic carbocycles. The molecule has 1 rings (SSSR count). The maximum absolute atomic E-state index is 12.7. The molecule has 1 aromatic carbocycles. The molecule has 0 spiro atoms. The fourth-order valence-corrected chi connectivity index (χ4v) is 3.54. The number of carbonyl (C=O) groups excluding carboxylic acids is 1. The van der Waals surface area contributed by atoms with Crippen LogP contribution in [0.2, 0.25) is 0 Å². The Labute approximate surface area is 196 Å². The van der Waals surface area contributed by atoms with E-state index in [2.05, 4.69) is 50.3 Å². The average Bonchev–Trinajstić information content (AvgIpc) is 2.80. The van der Waals surface area contributed by atoms with Crippen LogP contribution >= 0.6 is 0 Å². The Balaban J connectivity index is 2.28. The van der Waals surface area contributed by atoms with Crippen LogP contribution in [-0.2, 0) is 9.53 Å². The van der Waals surface area contributed by atoms with Crippen molar-refractivity contribution < 1.29 is 14.6 Å². The molecule has 0 heterocycles. The molecule has 0 amide bonds. The van der Waals surface area contributed by atoms with Crippen LogP contribution in [0.4, 0.5) is 0 Å². The summed E-state index contributed by atoms with van der Waals surface area (Å²) in [6.07, 6.45) is 26.0. The van der Waals surface area contributed by atoms with Gasteiger partial charge in [-0.1, -0.05) is 94.5 Å². The molecule has 0 fully saturated rings. The van der Waals surface area contributed by atoms with Gasteiger partial charge >= 0.3 is 5.97 Å². The highest BCUT2D eigenvalue weighted by Gasteiger charge is 2.21. The summed E-state index contributed by atoms with van der Waals surface area (Å²) < 4.78 is 5.54. The average molecular weight is 441 g/mol. The summed E-state index contributed by atoms with van der Waals surface area (Å²) in [4.78, 5) is 12.7. The fraction of sp³-hybridized carbons (Fsp3) is 0.552. The molecule has 0 radical (unpaired) electrons. The molecular formula is C29H44O3. The molecule has 1 N–H and O–H groups in total. The van der Waals surface area contributed by atoms with E-state index in [0.717, 1.165) is 69.8 Å². The van der Waals surface area contributed by atoms with Crippen LogP contribution in [0, 0.1) is 0 Å². The van der Waals surface area contributed by atoms with Crippen molar-refractivity contribution in [3.8, 4) is 5.75 Å². The molecule has 0 bridgehead atoms. The van der Waals surface area contributed by atoms with Gasteiger partial charge in [0.05, 0.1) is 12.5 Å². The Morgan fingerprint density at radius 3 is 2.19 bits per heavy atom. The predicted molar refractivity (Wildman–Crippen MR) is 136 cm³/mol. The Morgan fingerprint density at radius 1 is 0.844 bits per heavy atom. The summed E-state index contributed by atoms with van der Waals surface area (Å²) in [7, 11) is 0. The minimum atomic E-state index is -0.240. The van der Waals surface area contributed by atoms with Gasteiger partial charge < -0.3 is 9.84 Å². The summed E-state index contributed by atoms with van der Waals surface area (Å²) in [5, 5.41) is 9.56. The van der Waals surface area contributed by atoms with Crippen molar-refractivity contribution in [2.24, 2.45) is 0 Å². The maximum atomic E-state index is 12.7. The largest absolute Gasteiger partial charge is 0.508 e. The van der Waals surface area contributed by atoms with Crippen molar-refractivity contribution in [2.45, 2.75) is 96.8 Å². The molecule has 32 heavy (non-hydrogen) atoms. The zero-order valence-electron chi connectivity index (χ0n) is 20.3. The second-order valence-corrected chi connectivity index (χ2v) is 8.30. The van der Waals surface area contributed by atoms with E-state index in [1.165, 1.54) is 12.8 Å². The van der Waals surface area contributed by atoms with E-state index in [4.69, 9.17) is 4.74 Å². The van der Waals surface area contributed by atoms with Gasteiger partial charge in [0.2, 0.25) is 0 Å². The van der Waals surface area contributed by atoms with Gasteiger partial charge in [-0.05, 0) is 62.6 Å². The van der Waals surface area contributed by atoms with Crippen molar-refractivity contribution in [3.05, 3.63) is 66.3 Å². The minimum absolute atomic E-state index is 0.132. The van der Waals surface area contributed by atoms with Crippen LogP contribution < -0.4 is 0 Å². The van der Waals surface area contributed by atoms with E-state index in [-0.39, 0.29) is 17.6 Å². The van der Waals surface area contributed by atoms with E-state index in [1.807, 2.05) is 12.1 Å². The molecule has 0 saturated heterocycles. The number of rotatable bonds is 18. The van der Waals surface area contributed by atoms with E-state index in [0.29, 0.717) is 6.61 Å². The highest BCUT2D eigenvalue weighted by molar-refractivity contribution is 5.78. The second-order valence-electron chi connectivity index (χ2n) is 8.30. The van der Waals surface area contributed by atoms with E-state index in [1.54, 1.807) is 12.1 Å².